The maximum Gasteiger partial charge on any atom is 0.251 e. The van der Waals surface area contributed by atoms with Crippen LogP contribution in [0.4, 0.5) is 5.69 Å². The van der Waals surface area contributed by atoms with Gasteiger partial charge in [0.1, 0.15) is 0 Å². The highest BCUT2D eigenvalue weighted by Crippen LogP contribution is 2.30. The van der Waals surface area contributed by atoms with Crippen molar-refractivity contribution in [3.8, 4) is 0 Å². The molecule has 2 amide bonds. The van der Waals surface area contributed by atoms with E-state index in [0.717, 1.165) is 25.7 Å². The van der Waals surface area contributed by atoms with Gasteiger partial charge in [0.25, 0.3) is 5.91 Å². The van der Waals surface area contributed by atoms with Gasteiger partial charge in [0.2, 0.25) is 5.91 Å². The fourth-order valence-corrected chi connectivity index (χ4v) is 2.74. The first-order valence-corrected chi connectivity index (χ1v) is 8.87. The van der Waals surface area contributed by atoms with Crippen LogP contribution in [0, 0.1) is 5.92 Å². The lowest BCUT2D eigenvalue weighted by Crippen LogP contribution is -2.33. The van der Waals surface area contributed by atoms with Crippen molar-refractivity contribution in [2.45, 2.75) is 38.6 Å². The Morgan fingerprint density at radius 2 is 1.84 bits per heavy atom. The van der Waals surface area contributed by atoms with Gasteiger partial charge in [-0.2, -0.15) is 0 Å². The average molecular weight is 336 g/mol. The highest BCUT2D eigenvalue weighted by molar-refractivity contribution is 5.98. The summed E-state index contributed by atoms with van der Waals surface area (Å²) in [4.78, 5) is 24.3. The predicted octanol–water partition coefficient (Wildman–Crippen LogP) is 3.79. The fraction of sp³-hybridized carbons (Fsp3) is 0.333. The van der Waals surface area contributed by atoms with Gasteiger partial charge in [0.05, 0.1) is 0 Å². The first-order chi connectivity index (χ1) is 12.1. The lowest BCUT2D eigenvalue weighted by atomic mass is 10.1. The maximum atomic E-state index is 12.4. The van der Waals surface area contributed by atoms with Crippen LogP contribution in [-0.4, -0.2) is 17.9 Å². The SMILES string of the molecule is CC(CCc1ccccc1)NC(=O)c1cccc(NC(=O)C2CC2)c1. The molecule has 0 aromatic heterocycles. The second-order valence-corrected chi connectivity index (χ2v) is 6.74. The van der Waals surface area contributed by atoms with Crippen LogP contribution in [0.5, 0.6) is 0 Å². The minimum absolute atomic E-state index is 0.0498. The third kappa shape index (κ3) is 5.18. The van der Waals surface area contributed by atoms with Gasteiger partial charge in [0, 0.05) is 23.2 Å². The van der Waals surface area contributed by atoms with Crippen LogP contribution < -0.4 is 10.6 Å². The monoisotopic (exact) mass is 336 g/mol. The number of aryl methyl sites for hydroxylation is 1. The Labute approximate surface area is 148 Å². The maximum absolute atomic E-state index is 12.4. The van der Waals surface area contributed by atoms with E-state index in [1.54, 1.807) is 18.2 Å². The average Bonchev–Trinajstić information content (AvgIpc) is 3.46. The van der Waals surface area contributed by atoms with Gasteiger partial charge in [-0.05, 0) is 56.4 Å². The standard InChI is InChI=1S/C21H24N2O2/c1-15(10-11-16-6-3-2-4-7-16)22-21(25)18-8-5-9-19(14-18)23-20(24)17-12-13-17/h2-9,14-15,17H,10-13H2,1H3,(H,22,25)(H,23,24). The van der Waals surface area contributed by atoms with E-state index in [0.29, 0.717) is 11.3 Å². The van der Waals surface area contributed by atoms with Gasteiger partial charge in [-0.1, -0.05) is 36.4 Å². The third-order valence-electron chi connectivity index (χ3n) is 4.43. The Kier molecular flexibility index (Phi) is 5.49. The molecular formula is C21H24N2O2. The lowest BCUT2D eigenvalue weighted by molar-refractivity contribution is -0.117. The van der Waals surface area contributed by atoms with Crippen LogP contribution in [0.25, 0.3) is 0 Å². The molecule has 1 atom stereocenters. The molecule has 2 aromatic rings. The summed E-state index contributed by atoms with van der Waals surface area (Å²) in [5.41, 5.74) is 2.52. The van der Waals surface area contributed by atoms with E-state index in [4.69, 9.17) is 0 Å². The van der Waals surface area contributed by atoms with Crippen LogP contribution in [0.3, 0.4) is 0 Å². The van der Waals surface area contributed by atoms with Gasteiger partial charge in [-0.3, -0.25) is 9.59 Å². The molecule has 0 saturated heterocycles. The topological polar surface area (TPSA) is 58.2 Å². The molecule has 0 heterocycles. The molecule has 1 unspecified atom stereocenters. The molecule has 25 heavy (non-hydrogen) atoms. The van der Waals surface area contributed by atoms with Gasteiger partial charge in [-0.15, -0.1) is 0 Å². The molecule has 0 bridgehead atoms. The Bertz CT molecular complexity index is 739. The van der Waals surface area contributed by atoms with E-state index < -0.39 is 0 Å². The molecule has 3 rings (SSSR count). The van der Waals surface area contributed by atoms with Crippen molar-refractivity contribution in [1.82, 2.24) is 5.32 Å². The largest absolute Gasteiger partial charge is 0.350 e. The minimum atomic E-state index is -0.108. The highest BCUT2D eigenvalue weighted by Gasteiger charge is 2.29. The van der Waals surface area contributed by atoms with Crippen LogP contribution in [0.2, 0.25) is 0 Å². The molecule has 130 valence electrons. The zero-order valence-electron chi connectivity index (χ0n) is 14.5. The van der Waals surface area contributed by atoms with Crippen molar-refractivity contribution in [2.24, 2.45) is 5.92 Å². The first-order valence-electron chi connectivity index (χ1n) is 8.87. The van der Waals surface area contributed by atoms with Crippen molar-refractivity contribution < 1.29 is 9.59 Å². The van der Waals surface area contributed by atoms with Crippen molar-refractivity contribution in [3.63, 3.8) is 0 Å². The molecule has 2 N–H and O–H groups in total. The van der Waals surface area contributed by atoms with E-state index in [9.17, 15) is 9.59 Å². The highest BCUT2D eigenvalue weighted by atomic mass is 16.2. The van der Waals surface area contributed by atoms with E-state index in [1.807, 2.05) is 31.2 Å². The van der Waals surface area contributed by atoms with E-state index in [-0.39, 0.29) is 23.8 Å². The van der Waals surface area contributed by atoms with Gasteiger partial charge < -0.3 is 10.6 Å². The van der Waals surface area contributed by atoms with Crippen LogP contribution in [0.15, 0.2) is 54.6 Å². The van der Waals surface area contributed by atoms with Crippen LogP contribution in [0.1, 0.15) is 42.1 Å². The van der Waals surface area contributed by atoms with Crippen molar-refractivity contribution >= 4 is 17.5 Å². The second-order valence-electron chi connectivity index (χ2n) is 6.74. The first kappa shape index (κ1) is 17.2. The van der Waals surface area contributed by atoms with Gasteiger partial charge in [-0.25, -0.2) is 0 Å². The molecule has 4 nitrogen and oxygen atoms in total. The summed E-state index contributed by atoms with van der Waals surface area (Å²) in [7, 11) is 0. The second kappa shape index (κ2) is 7.97. The van der Waals surface area contributed by atoms with E-state index >= 15 is 0 Å². The summed E-state index contributed by atoms with van der Waals surface area (Å²) in [6.45, 7) is 2.01. The number of benzene rings is 2. The summed E-state index contributed by atoms with van der Waals surface area (Å²) < 4.78 is 0. The fourth-order valence-electron chi connectivity index (χ4n) is 2.74. The molecule has 1 aliphatic rings. The lowest BCUT2D eigenvalue weighted by Gasteiger charge is -2.14. The summed E-state index contributed by atoms with van der Waals surface area (Å²) in [5.74, 6) is 0.0901. The van der Waals surface area contributed by atoms with Gasteiger partial charge >= 0.3 is 0 Å². The summed E-state index contributed by atoms with van der Waals surface area (Å²) in [6.07, 6.45) is 3.74. The molecule has 2 aromatic carbocycles. The van der Waals surface area contributed by atoms with E-state index in [1.165, 1.54) is 5.56 Å². The number of nitrogens with one attached hydrogen (secondary N) is 2. The van der Waals surface area contributed by atoms with Crippen LogP contribution >= 0.6 is 0 Å². The molecule has 0 radical (unpaired) electrons. The summed E-state index contributed by atoms with van der Waals surface area (Å²) >= 11 is 0. The number of hydrogen-bond acceptors (Lipinski definition) is 2. The molecule has 1 saturated carbocycles. The smallest absolute Gasteiger partial charge is 0.251 e. The summed E-state index contributed by atoms with van der Waals surface area (Å²) in [6, 6.07) is 17.5. The Morgan fingerprint density at radius 3 is 2.56 bits per heavy atom. The quantitative estimate of drug-likeness (QED) is 0.808. The predicted molar refractivity (Wildman–Crippen MR) is 99.5 cm³/mol. The number of hydrogen-bond donors (Lipinski definition) is 2. The summed E-state index contributed by atoms with van der Waals surface area (Å²) in [5, 5.41) is 5.91. The molecule has 0 aliphatic heterocycles. The molecule has 1 fully saturated rings. The molecule has 0 spiro atoms. The number of carbonyl (C=O) groups is 2. The molecular weight excluding hydrogens is 312 g/mol. The Hall–Kier alpha value is -2.62. The Balaban J connectivity index is 1.52. The van der Waals surface area contributed by atoms with Crippen molar-refractivity contribution in [2.75, 3.05) is 5.32 Å². The number of rotatable bonds is 7. The molecule has 4 heteroatoms. The number of amides is 2. The Morgan fingerprint density at radius 1 is 1.08 bits per heavy atom. The van der Waals surface area contributed by atoms with E-state index in [2.05, 4.69) is 22.8 Å². The number of anilines is 1. The normalized spacial score (nSPS) is 14.6. The molecule has 1 aliphatic carbocycles. The minimum Gasteiger partial charge on any atom is -0.350 e. The third-order valence-corrected chi connectivity index (χ3v) is 4.43. The number of carbonyl (C=O) groups excluding carboxylic acids is 2. The van der Waals surface area contributed by atoms with Crippen molar-refractivity contribution in [3.05, 3.63) is 65.7 Å². The zero-order chi connectivity index (χ0) is 17.6. The van der Waals surface area contributed by atoms with Crippen molar-refractivity contribution in [1.29, 1.82) is 0 Å². The van der Waals surface area contributed by atoms with Crippen LogP contribution in [-0.2, 0) is 11.2 Å². The van der Waals surface area contributed by atoms with Gasteiger partial charge in [0.15, 0.2) is 0 Å². The zero-order valence-corrected chi connectivity index (χ0v) is 14.5.